The fourth-order valence-electron chi connectivity index (χ4n) is 3.04. The molecular weight excluding hydrogens is 305 g/mol. The van der Waals surface area contributed by atoms with E-state index in [1.807, 2.05) is 11.8 Å². The molecule has 1 aliphatic rings. The van der Waals surface area contributed by atoms with Crippen molar-refractivity contribution in [2.24, 2.45) is 0 Å². The second-order valence-corrected chi connectivity index (χ2v) is 5.82. The minimum atomic E-state index is -4.37. The van der Waals surface area contributed by atoms with Gasteiger partial charge < -0.3 is 4.90 Å². The molecule has 3 rings (SSSR count). The summed E-state index contributed by atoms with van der Waals surface area (Å²) in [5.41, 5.74) is 2.38. The van der Waals surface area contributed by atoms with Crippen LogP contribution in [0.25, 0.3) is 5.70 Å². The van der Waals surface area contributed by atoms with Crippen molar-refractivity contribution in [1.29, 1.82) is 0 Å². The number of hydrogen-bond donors (Lipinski definition) is 1. The predicted molar refractivity (Wildman–Crippen MR) is 80.3 cm³/mol. The molecule has 0 radical (unpaired) electrons. The van der Waals surface area contributed by atoms with Gasteiger partial charge >= 0.3 is 6.18 Å². The van der Waals surface area contributed by atoms with Crippen molar-refractivity contribution in [3.05, 3.63) is 52.9 Å². The van der Waals surface area contributed by atoms with Crippen LogP contribution in [0.3, 0.4) is 0 Å². The maximum atomic E-state index is 13.1. The lowest BCUT2D eigenvalue weighted by molar-refractivity contribution is -0.138. The van der Waals surface area contributed by atoms with Crippen LogP contribution >= 0.6 is 0 Å². The second-order valence-electron chi connectivity index (χ2n) is 5.82. The molecule has 2 aromatic rings. The summed E-state index contributed by atoms with van der Waals surface area (Å²) in [5, 5.41) is 10.8. The number of aromatic nitrogens is 3. The maximum absolute atomic E-state index is 13.1. The van der Waals surface area contributed by atoms with Crippen molar-refractivity contribution >= 4 is 5.70 Å². The van der Waals surface area contributed by atoms with Gasteiger partial charge in [-0.15, -0.1) is 0 Å². The minimum absolute atomic E-state index is 0.0917. The van der Waals surface area contributed by atoms with Gasteiger partial charge in [-0.25, -0.2) is 0 Å². The van der Waals surface area contributed by atoms with E-state index in [4.69, 9.17) is 0 Å². The van der Waals surface area contributed by atoms with Gasteiger partial charge in [-0.3, -0.25) is 0 Å². The first kappa shape index (κ1) is 15.6. The number of H-pyrrole nitrogens is 1. The first-order valence-electron chi connectivity index (χ1n) is 7.30. The summed E-state index contributed by atoms with van der Waals surface area (Å²) in [5.74, 6) is 0. The third kappa shape index (κ3) is 2.71. The van der Waals surface area contributed by atoms with Gasteiger partial charge in [0.2, 0.25) is 0 Å². The average Bonchev–Trinajstić information content (AvgIpc) is 2.91. The number of alkyl halides is 3. The molecule has 1 atom stereocenters. The molecule has 0 bridgehead atoms. The number of nitrogens with zero attached hydrogens (tertiary/aromatic N) is 3. The highest BCUT2D eigenvalue weighted by Gasteiger charge is 2.34. The van der Waals surface area contributed by atoms with Crippen LogP contribution < -0.4 is 0 Å². The molecule has 4 nitrogen and oxygen atoms in total. The van der Waals surface area contributed by atoms with Gasteiger partial charge in [0.1, 0.15) is 5.69 Å². The summed E-state index contributed by atoms with van der Waals surface area (Å²) in [7, 11) is 0. The van der Waals surface area contributed by atoms with E-state index in [2.05, 4.69) is 22.0 Å². The van der Waals surface area contributed by atoms with E-state index < -0.39 is 11.7 Å². The van der Waals surface area contributed by atoms with Crippen LogP contribution in [0.1, 0.15) is 35.0 Å². The minimum Gasteiger partial charge on any atom is -0.362 e. The molecule has 0 aliphatic carbocycles. The van der Waals surface area contributed by atoms with Gasteiger partial charge in [0, 0.05) is 23.7 Å². The van der Waals surface area contributed by atoms with Gasteiger partial charge in [-0.2, -0.15) is 28.6 Å². The molecule has 0 saturated carbocycles. The van der Waals surface area contributed by atoms with Crippen LogP contribution in [0.2, 0.25) is 0 Å². The molecule has 0 amide bonds. The maximum Gasteiger partial charge on any atom is 0.416 e. The lowest BCUT2D eigenvalue weighted by atomic mass is 9.96. The molecular formula is C16H17F3N4. The normalized spacial score (nSPS) is 18.0. The van der Waals surface area contributed by atoms with E-state index in [1.165, 1.54) is 13.0 Å². The van der Waals surface area contributed by atoms with Gasteiger partial charge in [-0.1, -0.05) is 18.7 Å². The van der Waals surface area contributed by atoms with E-state index in [1.54, 1.807) is 6.07 Å². The molecule has 122 valence electrons. The van der Waals surface area contributed by atoms with Crippen LogP contribution in [0, 0.1) is 6.92 Å². The van der Waals surface area contributed by atoms with Crippen LogP contribution in [-0.4, -0.2) is 26.4 Å². The molecule has 1 N–H and O–H groups in total. The number of rotatable bonds is 2. The summed E-state index contributed by atoms with van der Waals surface area (Å²) in [4.78, 5) is 1.98. The van der Waals surface area contributed by atoms with Gasteiger partial charge in [0.25, 0.3) is 0 Å². The quantitative estimate of drug-likeness (QED) is 0.919. The van der Waals surface area contributed by atoms with Gasteiger partial charge in [0.05, 0.1) is 17.8 Å². The largest absolute Gasteiger partial charge is 0.416 e. The summed E-state index contributed by atoms with van der Waals surface area (Å²) in [6.07, 6.45) is -3.68. The molecule has 0 spiro atoms. The van der Waals surface area contributed by atoms with E-state index in [0.717, 1.165) is 17.5 Å². The van der Waals surface area contributed by atoms with Gasteiger partial charge in [0.15, 0.2) is 0 Å². The Bertz CT molecular complexity index is 748. The van der Waals surface area contributed by atoms with Gasteiger partial charge in [-0.05, 0) is 25.5 Å². The Labute approximate surface area is 132 Å². The Morgan fingerprint density at radius 3 is 2.70 bits per heavy atom. The summed E-state index contributed by atoms with van der Waals surface area (Å²) in [6, 6.07) is 4.29. The van der Waals surface area contributed by atoms with E-state index in [0.29, 0.717) is 24.2 Å². The first-order chi connectivity index (χ1) is 10.8. The molecule has 0 saturated heterocycles. The highest BCUT2D eigenvalue weighted by atomic mass is 19.4. The Kier molecular flexibility index (Phi) is 3.66. The lowest BCUT2D eigenvalue weighted by Crippen LogP contribution is -2.37. The molecule has 7 heteroatoms. The molecule has 0 fully saturated rings. The average molecular weight is 322 g/mol. The van der Waals surface area contributed by atoms with E-state index in [-0.39, 0.29) is 11.6 Å². The first-order valence-corrected chi connectivity index (χ1v) is 7.30. The molecule has 2 heterocycles. The Balaban J connectivity index is 1.95. The van der Waals surface area contributed by atoms with Crippen molar-refractivity contribution in [3.63, 3.8) is 0 Å². The smallest absolute Gasteiger partial charge is 0.362 e. The highest BCUT2D eigenvalue weighted by Crippen LogP contribution is 2.36. The predicted octanol–water partition coefficient (Wildman–Crippen LogP) is 3.55. The van der Waals surface area contributed by atoms with Crippen molar-refractivity contribution in [1.82, 2.24) is 20.3 Å². The fourth-order valence-corrected chi connectivity index (χ4v) is 3.04. The zero-order valence-corrected chi connectivity index (χ0v) is 12.9. The van der Waals surface area contributed by atoms with Crippen molar-refractivity contribution < 1.29 is 13.2 Å². The summed E-state index contributed by atoms with van der Waals surface area (Å²) in [6.45, 7) is 8.02. The lowest BCUT2D eigenvalue weighted by Gasteiger charge is -2.36. The van der Waals surface area contributed by atoms with E-state index in [9.17, 15) is 13.2 Å². The number of hydrogen-bond acceptors (Lipinski definition) is 3. The number of halogens is 3. The van der Waals surface area contributed by atoms with Crippen molar-refractivity contribution in [2.75, 3.05) is 0 Å². The topological polar surface area (TPSA) is 44.8 Å². The summed E-state index contributed by atoms with van der Waals surface area (Å²) >= 11 is 0. The molecule has 23 heavy (non-hydrogen) atoms. The summed E-state index contributed by atoms with van der Waals surface area (Å²) < 4.78 is 39.3. The third-order valence-corrected chi connectivity index (χ3v) is 4.34. The Morgan fingerprint density at radius 1 is 1.30 bits per heavy atom. The monoisotopic (exact) mass is 322 g/mol. The van der Waals surface area contributed by atoms with Crippen molar-refractivity contribution in [2.45, 2.75) is 39.0 Å². The third-order valence-electron chi connectivity index (χ3n) is 4.34. The van der Waals surface area contributed by atoms with Crippen LogP contribution in [-0.2, 0) is 19.1 Å². The number of nitrogens with one attached hydrogen (secondary N) is 1. The number of aromatic amines is 1. The van der Waals surface area contributed by atoms with E-state index >= 15 is 0 Å². The standard InChI is InChI=1S/C16H17F3N4/c1-9-7-14-15(21-22-20-14)8-23(9)11(3)12-5-4-6-13(10(12)2)16(17,18)19/h4-6,9H,3,7-8H2,1-2H3,(H,20,21,22). The Morgan fingerprint density at radius 2 is 2.00 bits per heavy atom. The number of fused-ring (bicyclic) bond motifs is 1. The second kappa shape index (κ2) is 5.40. The zero-order valence-electron chi connectivity index (χ0n) is 12.9. The van der Waals surface area contributed by atoms with Crippen LogP contribution in [0.5, 0.6) is 0 Å². The fraction of sp³-hybridized carbons (Fsp3) is 0.375. The highest BCUT2D eigenvalue weighted by molar-refractivity contribution is 5.66. The molecule has 1 aromatic carbocycles. The molecule has 1 aromatic heterocycles. The molecule has 1 aliphatic heterocycles. The zero-order chi connectivity index (χ0) is 16.8. The van der Waals surface area contributed by atoms with Crippen molar-refractivity contribution in [3.8, 4) is 0 Å². The van der Waals surface area contributed by atoms with Crippen LogP contribution in [0.4, 0.5) is 13.2 Å². The number of benzene rings is 1. The molecule has 1 unspecified atom stereocenters. The Hall–Kier alpha value is -2.31. The SMILES string of the molecule is C=C(c1cccc(C(F)(F)F)c1C)N1Cc2n[nH]nc2CC1C. The van der Waals surface area contributed by atoms with Crippen LogP contribution in [0.15, 0.2) is 24.8 Å².